The van der Waals surface area contributed by atoms with Gasteiger partial charge in [-0.05, 0) is 75.2 Å². The zero-order valence-corrected chi connectivity index (χ0v) is 27.9. The van der Waals surface area contributed by atoms with Crippen LogP contribution in [-0.2, 0) is 0 Å². The Kier molecular flexibility index (Phi) is 17.7. The molecule has 2 atom stereocenters. The molecular weight excluding hydrogens is 713 g/mol. The second-order valence-corrected chi connectivity index (χ2v) is 11.5. The quantitative estimate of drug-likeness (QED) is 0.209. The maximum atomic E-state index is 12.7. The molecule has 2 N–H and O–H groups in total. The Morgan fingerprint density at radius 3 is 1.33 bits per heavy atom. The van der Waals surface area contributed by atoms with Gasteiger partial charge < -0.3 is 10.6 Å². The molecule has 2 fully saturated rings. The van der Waals surface area contributed by atoms with Crippen LogP contribution in [0, 0.1) is 10.8 Å². The van der Waals surface area contributed by atoms with E-state index < -0.39 is 0 Å². The number of carbonyl (C=O) groups is 2. The molecule has 0 spiro atoms. The summed E-state index contributed by atoms with van der Waals surface area (Å²) in [6, 6.07) is 10.3. The lowest BCUT2D eigenvalue weighted by atomic mass is 9.76. The number of ketones is 2. The number of halogens is 6. The summed E-state index contributed by atoms with van der Waals surface area (Å²) >= 11 is 23.7. The number of Topliss-reactive ketones (excluding diaryl/α,β-unsaturated/α-hetero) is 2. The van der Waals surface area contributed by atoms with Gasteiger partial charge in [-0.15, -0.1) is 36.4 Å². The summed E-state index contributed by atoms with van der Waals surface area (Å²) in [4.78, 5) is 25.4. The van der Waals surface area contributed by atoms with E-state index in [1.807, 2.05) is 0 Å². The maximum absolute atomic E-state index is 12.7. The van der Waals surface area contributed by atoms with E-state index in [0.29, 0.717) is 31.2 Å². The van der Waals surface area contributed by atoms with E-state index in [2.05, 4.69) is 24.5 Å². The van der Waals surface area contributed by atoms with Crippen molar-refractivity contribution in [3.05, 3.63) is 67.6 Å². The normalized spacial score (nSPS) is 21.5. The monoisotopic (exact) mass is 750 g/mol. The van der Waals surface area contributed by atoms with Crippen molar-refractivity contribution in [1.82, 2.24) is 10.6 Å². The molecule has 2 aliphatic heterocycles. The number of benzene rings is 2. The summed E-state index contributed by atoms with van der Waals surface area (Å²) < 4.78 is 0. The largest absolute Gasteiger partial charge is 0.316 e. The maximum Gasteiger partial charge on any atom is 0.170 e. The van der Waals surface area contributed by atoms with Crippen LogP contribution in [0.3, 0.4) is 0 Å². The number of hydrogen-bond donors (Lipinski definition) is 2. The average Bonchev–Trinajstić information content (AvgIpc) is 3.54. The molecule has 2 aromatic rings. The van der Waals surface area contributed by atoms with E-state index in [1.54, 1.807) is 36.4 Å². The first-order chi connectivity index (χ1) is 17.2. The molecule has 0 radical (unpaired) electrons. The highest BCUT2D eigenvalue weighted by molar-refractivity contribution is 14.0. The summed E-state index contributed by atoms with van der Waals surface area (Å²) in [6.45, 7) is 7.57. The number of nitrogens with one attached hydrogen (secondary N) is 2. The number of hydrogen-bond acceptors (Lipinski definition) is 4. The van der Waals surface area contributed by atoms with Crippen LogP contribution in [0.4, 0.5) is 0 Å². The van der Waals surface area contributed by atoms with E-state index in [-0.39, 0.29) is 66.2 Å². The topological polar surface area (TPSA) is 58.2 Å². The molecular formula is C29H40Cl5IN2O2. The van der Waals surface area contributed by atoms with Crippen LogP contribution in [0.5, 0.6) is 0 Å². The van der Waals surface area contributed by atoms with E-state index in [9.17, 15) is 9.59 Å². The van der Waals surface area contributed by atoms with Gasteiger partial charge in [-0.25, -0.2) is 0 Å². The second-order valence-electron chi connectivity index (χ2n) is 9.83. The number of rotatable bonds is 8. The van der Waals surface area contributed by atoms with Crippen molar-refractivity contribution in [2.24, 2.45) is 10.8 Å². The van der Waals surface area contributed by atoms with Gasteiger partial charge >= 0.3 is 0 Å². The van der Waals surface area contributed by atoms with Gasteiger partial charge in [0.25, 0.3) is 0 Å². The standard InChI is InChI=1S/2C14H17Cl2NO.CH4.ClH.HI/c2*1-2-5-14(6-7-17-9-14)13(18)10-3-4-11(15)12(16)8-10;;;/h2*3-4,8,17H,2,5-7,9H2,1H3;1H4;2*1H/t2*14-;;;/m00.../s1. The summed E-state index contributed by atoms with van der Waals surface area (Å²) in [5, 5.41) is 8.46. The third kappa shape index (κ3) is 9.44. The molecule has 39 heavy (non-hydrogen) atoms. The number of carbonyl (C=O) groups excluding carboxylic acids is 2. The van der Waals surface area contributed by atoms with Crippen molar-refractivity contribution in [1.29, 1.82) is 0 Å². The second kappa shape index (κ2) is 17.7. The third-order valence-electron chi connectivity index (χ3n) is 7.27. The zero-order chi connectivity index (χ0) is 26.3. The SMILES string of the molecule is C.CCC[C@]1(C(=O)c2ccc(Cl)c(Cl)c2)CCNC1.CCC[C@]1(C(=O)c2ccc(Cl)c(Cl)c2)CCNC1.Cl.I. The van der Waals surface area contributed by atoms with Crippen molar-refractivity contribution < 1.29 is 9.59 Å². The molecule has 0 aliphatic carbocycles. The highest BCUT2D eigenvalue weighted by atomic mass is 127. The fourth-order valence-electron chi connectivity index (χ4n) is 5.37. The fraction of sp³-hybridized carbons (Fsp3) is 0.517. The van der Waals surface area contributed by atoms with Crippen molar-refractivity contribution in [2.45, 2.75) is 59.8 Å². The van der Waals surface area contributed by atoms with Crippen LogP contribution in [0.1, 0.15) is 80.5 Å². The summed E-state index contributed by atoms with van der Waals surface area (Å²) in [5.74, 6) is 0.376. The van der Waals surface area contributed by atoms with Crippen LogP contribution in [0.2, 0.25) is 20.1 Å². The van der Waals surface area contributed by atoms with Crippen LogP contribution < -0.4 is 10.6 Å². The molecule has 2 aromatic carbocycles. The third-order valence-corrected chi connectivity index (χ3v) is 8.75. The van der Waals surface area contributed by atoms with Gasteiger partial charge in [-0.1, -0.05) is 80.5 Å². The lowest BCUT2D eigenvalue weighted by Gasteiger charge is -2.26. The smallest absolute Gasteiger partial charge is 0.170 e. The fourth-order valence-corrected chi connectivity index (χ4v) is 5.97. The Labute approximate surface area is 277 Å². The molecule has 4 rings (SSSR count). The molecule has 0 saturated carbocycles. The molecule has 0 bridgehead atoms. The Balaban J connectivity index is 0.000000688. The summed E-state index contributed by atoms with van der Waals surface area (Å²) in [5.41, 5.74) is 0.820. The highest BCUT2D eigenvalue weighted by Crippen LogP contribution is 2.37. The predicted molar refractivity (Wildman–Crippen MR) is 181 cm³/mol. The minimum Gasteiger partial charge on any atom is -0.316 e. The molecule has 4 nitrogen and oxygen atoms in total. The van der Waals surface area contributed by atoms with E-state index in [4.69, 9.17) is 46.4 Å². The first kappa shape index (κ1) is 38.9. The molecule has 0 unspecified atom stereocenters. The Hall–Kier alpha value is -0.120. The van der Waals surface area contributed by atoms with Crippen molar-refractivity contribution >= 4 is 94.4 Å². The minimum absolute atomic E-state index is 0. The van der Waals surface area contributed by atoms with Crippen LogP contribution >= 0.6 is 82.8 Å². The molecule has 0 aromatic heterocycles. The predicted octanol–water partition coefficient (Wildman–Crippen LogP) is 9.59. The first-order valence-electron chi connectivity index (χ1n) is 12.6. The van der Waals surface area contributed by atoms with Gasteiger partial charge in [0.05, 0.1) is 20.1 Å². The van der Waals surface area contributed by atoms with Crippen LogP contribution in [0.15, 0.2) is 36.4 Å². The van der Waals surface area contributed by atoms with Gasteiger partial charge in [-0.2, -0.15) is 0 Å². The van der Waals surface area contributed by atoms with Gasteiger partial charge in [-0.3, -0.25) is 9.59 Å². The Morgan fingerprint density at radius 1 is 0.718 bits per heavy atom. The minimum atomic E-state index is -0.258. The van der Waals surface area contributed by atoms with Crippen LogP contribution in [-0.4, -0.2) is 37.7 Å². The van der Waals surface area contributed by atoms with Gasteiger partial charge in [0.2, 0.25) is 0 Å². The Bertz CT molecular complexity index is 1000. The van der Waals surface area contributed by atoms with Gasteiger partial charge in [0, 0.05) is 35.0 Å². The van der Waals surface area contributed by atoms with Crippen molar-refractivity contribution in [3.63, 3.8) is 0 Å². The first-order valence-corrected chi connectivity index (χ1v) is 14.1. The summed E-state index contributed by atoms with van der Waals surface area (Å²) in [6.07, 6.45) is 5.65. The highest BCUT2D eigenvalue weighted by Gasteiger charge is 2.41. The Morgan fingerprint density at radius 2 is 1.08 bits per heavy atom. The molecule has 2 aliphatic rings. The molecule has 10 heteroatoms. The zero-order valence-electron chi connectivity index (χ0n) is 21.7. The molecule has 0 amide bonds. The van der Waals surface area contributed by atoms with Gasteiger partial charge in [0.1, 0.15) is 0 Å². The molecule has 2 heterocycles. The van der Waals surface area contributed by atoms with E-state index >= 15 is 0 Å². The van der Waals surface area contributed by atoms with E-state index in [1.165, 1.54) is 0 Å². The van der Waals surface area contributed by atoms with Gasteiger partial charge in [0.15, 0.2) is 11.6 Å². The lowest BCUT2D eigenvalue weighted by Crippen LogP contribution is -2.33. The van der Waals surface area contributed by atoms with Crippen molar-refractivity contribution in [3.8, 4) is 0 Å². The average molecular weight is 753 g/mol. The lowest BCUT2D eigenvalue weighted by molar-refractivity contribution is 0.0795. The molecule has 220 valence electrons. The summed E-state index contributed by atoms with van der Waals surface area (Å²) in [7, 11) is 0. The van der Waals surface area contributed by atoms with Crippen molar-refractivity contribution in [2.75, 3.05) is 26.2 Å². The van der Waals surface area contributed by atoms with Crippen LogP contribution in [0.25, 0.3) is 0 Å². The van der Waals surface area contributed by atoms with E-state index in [0.717, 1.165) is 64.7 Å². The molecule has 2 saturated heterocycles.